The number of carbonyl (C=O) groups excluding carboxylic acids is 1. The predicted octanol–water partition coefficient (Wildman–Crippen LogP) is 2.90. The molecule has 0 saturated heterocycles. The SMILES string of the molecule is COC(=O)c1ccc(OCc2ccc(F)cc2)cc1O. The summed E-state index contributed by atoms with van der Waals surface area (Å²) < 4.78 is 22.7. The van der Waals surface area contributed by atoms with Crippen LogP contribution >= 0.6 is 0 Å². The van der Waals surface area contributed by atoms with Crippen molar-refractivity contribution in [2.24, 2.45) is 0 Å². The first-order chi connectivity index (χ1) is 9.60. The summed E-state index contributed by atoms with van der Waals surface area (Å²) in [4.78, 5) is 11.3. The second kappa shape index (κ2) is 6.06. The zero-order chi connectivity index (χ0) is 14.5. The fraction of sp³-hybridized carbons (Fsp3) is 0.133. The molecule has 2 aromatic rings. The number of aromatic hydroxyl groups is 1. The van der Waals surface area contributed by atoms with Crippen molar-refractivity contribution in [1.29, 1.82) is 0 Å². The maximum absolute atomic E-state index is 12.7. The number of carbonyl (C=O) groups is 1. The molecule has 0 saturated carbocycles. The molecule has 2 rings (SSSR count). The van der Waals surface area contributed by atoms with Crippen molar-refractivity contribution in [3.63, 3.8) is 0 Å². The van der Waals surface area contributed by atoms with Crippen molar-refractivity contribution in [3.05, 3.63) is 59.4 Å². The van der Waals surface area contributed by atoms with Gasteiger partial charge in [0.15, 0.2) is 0 Å². The van der Waals surface area contributed by atoms with Crippen molar-refractivity contribution in [3.8, 4) is 11.5 Å². The van der Waals surface area contributed by atoms with E-state index in [9.17, 15) is 14.3 Å². The Morgan fingerprint density at radius 2 is 1.90 bits per heavy atom. The van der Waals surface area contributed by atoms with Crippen LogP contribution in [0.1, 0.15) is 15.9 Å². The van der Waals surface area contributed by atoms with Crippen LogP contribution in [0, 0.1) is 5.82 Å². The number of rotatable bonds is 4. The van der Waals surface area contributed by atoms with E-state index >= 15 is 0 Å². The molecule has 104 valence electrons. The maximum Gasteiger partial charge on any atom is 0.341 e. The average molecular weight is 276 g/mol. The topological polar surface area (TPSA) is 55.8 Å². The minimum absolute atomic E-state index is 0.0710. The van der Waals surface area contributed by atoms with Gasteiger partial charge in [0.2, 0.25) is 0 Å². The lowest BCUT2D eigenvalue weighted by atomic mass is 10.2. The highest BCUT2D eigenvalue weighted by molar-refractivity contribution is 5.92. The highest BCUT2D eigenvalue weighted by Crippen LogP contribution is 2.24. The number of hydrogen-bond donors (Lipinski definition) is 1. The Bertz CT molecular complexity index is 608. The first-order valence-electron chi connectivity index (χ1n) is 5.88. The third-order valence-corrected chi connectivity index (χ3v) is 2.69. The molecule has 0 aromatic heterocycles. The van der Waals surface area contributed by atoms with Crippen LogP contribution in [0.5, 0.6) is 11.5 Å². The summed E-state index contributed by atoms with van der Waals surface area (Å²) in [5.74, 6) is -0.741. The van der Waals surface area contributed by atoms with Crippen LogP contribution in [0.4, 0.5) is 4.39 Å². The van der Waals surface area contributed by atoms with E-state index in [0.717, 1.165) is 5.56 Å². The summed E-state index contributed by atoms with van der Waals surface area (Å²) in [6.45, 7) is 0.233. The van der Waals surface area contributed by atoms with E-state index in [-0.39, 0.29) is 23.7 Å². The minimum Gasteiger partial charge on any atom is -0.507 e. The molecule has 5 heteroatoms. The van der Waals surface area contributed by atoms with Gasteiger partial charge in [0.1, 0.15) is 29.5 Å². The Morgan fingerprint density at radius 3 is 2.50 bits per heavy atom. The van der Waals surface area contributed by atoms with Gasteiger partial charge in [-0.25, -0.2) is 9.18 Å². The Labute approximate surface area is 115 Å². The van der Waals surface area contributed by atoms with Crippen LogP contribution in [-0.4, -0.2) is 18.2 Å². The van der Waals surface area contributed by atoms with Gasteiger partial charge in [-0.3, -0.25) is 0 Å². The molecule has 4 nitrogen and oxygen atoms in total. The van der Waals surface area contributed by atoms with E-state index in [0.29, 0.717) is 5.75 Å². The number of phenols is 1. The fourth-order valence-electron chi connectivity index (χ4n) is 1.63. The molecule has 0 atom stereocenters. The Hall–Kier alpha value is -2.56. The molecule has 20 heavy (non-hydrogen) atoms. The highest BCUT2D eigenvalue weighted by Gasteiger charge is 2.12. The molecule has 0 aliphatic carbocycles. The van der Waals surface area contributed by atoms with Crippen LogP contribution in [0.15, 0.2) is 42.5 Å². The van der Waals surface area contributed by atoms with Gasteiger partial charge in [0.05, 0.1) is 7.11 Å². The summed E-state index contributed by atoms with van der Waals surface area (Å²) in [5.41, 5.74) is 0.865. The molecule has 0 aliphatic heterocycles. The number of esters is 1. The monoisotopic (exact) mass is 276 g/mol. The lowest BCUT2D eigenvalue weighted by Crippen LogP contribution is -2.02. The molecule has 0 radical (unpaired) electrons. The minimum atomic E-state index is -0.618. The lowest BCUT2D eigenvalue weighted by Gasteiger charge is -2.08. The smallest absolute Gasteiger partial charge is 0.341 e. The van der Waals surface area contributed by atoms with Gasteiger partial charge in [0.25, 0.3) is 0 Å². The van der Waals surface area contributed by atoms with E-state index in [1.165, 1.54) is 31.4 Å². The molecule has 0 unspecified atom stereocenters. The summed E-state index contributed by atoms with van der Waals surface area (Å²) >= 11 is 0. The van der Waals surface area contributed by atoms with Gasteiger partial charge in [0, 0.05) is 6.07 Å². The first-order valence-corrected chi connectivity index (χ1v) is 5.88. The quantitative estimate of drug-likeness (QED) is 0.872. The summed E-state index contributed by atoms with van der Waals surface area (Å²) in [6.07, 6.45) is 0. The molecule has 0 amide bonds. The molecule has 0 heterocycles. The van der Waals surface area contributed by atoms with Crippen molar-refractivity contribution in [1.82, 2.24) is 0 Å². The zero-order valence-corrected chi connectivity index (χ0v) is 10.8. The molecule has 0 spiro atoms. The molecule has 2 aromatic carbocycles. The number of halogens is 1. The van der Waals surface area contributed by atoms with Crippen LogP contribution in [0.2, 0.25) is 0 Å². The zero-order valence-electron chi connectivity index (χ0n) is 10.8. The van der Waals surface area contributed by atoms with Crippen LogP contribution < -0.4 is 4.74 Å². The van der Waals surface area contributed by atoms with E-state index in [1.54, 1.807) is 18.2 Å². The fourth-order valence-corrected chi connectivity index (χ4v) is 1.63. The first kappa shape index (κ1) is 13.9. The second-order valence-electron chi connectivity index (χ2n) is 4.09. The number of benzene rings is 2. The Kier molecular flexibility index (Phi) is 4.20. The number of hydrogen-bond acceptors (Lipinski definition) is 4. The van der Waals surface area contributed by atoms with E-state index < -0.39 is 5.97 Å². The third-order valence-electron chi connectivity index (χ3n) is 2.69. The predicted molar refractivity (Wildman–Crippen MR) is 70.2 cm³/mol. The van der Waals surface area contributed by atoms with Gasteiger partial charge < -0.3 is 14.6 Å². The lowest BCUT2D eigenvalue weighted by molar-refractivity contribution is 0.0597. The van der Waals surface area contributed by atoms with Gasteiger partial charge in [-0.1, -0.05) is 12.1 Å². The van der Waals surface area contributed by atoms with Crippen molar-refractivity contribution < 1.29 is 23.8 Å². The molecule has 0 aliphatic rings. The second-order valence-corrected chi connectivity index (χ2v) is 4.09. The number of phenolic OH excluding ortho intramolecular Hbond substituents is 1. The average Bonchev–Trinajstić information content (AvgIpc) is 2.46. The molecule has 0 fully saturated rings. The van der Waals surface area contributed by atoms with Crippen molar-refractivity contribution >= 4 is 5.97 Å². The van der Waals surface area contributed by atoms with Crippen molar-refractivity contribution in [2.45, 2.75) is 6.61 Å². The van der Waals surface area contributed by atoms with Crippen LogP contribution in [-0.2, 0) is 11.3 Å². The standard InChI is InChI=1S/C15H13FO4/c1-19-15(18)13-7-6-12(8-14(13)17)20-9-10-2-4-11(16)5-3-10/h2-8,17H,9H2,1H3. The number of methoxy groups -OCH3 is 1. The van der Waals surface area contributed by atoms with E-state index in [4.69, 9.17) is 4.74 Å². The van der Waals surface area contributed by atoms with Gasteiger partial charge >= 0.3 is 5.97 Å². The Balaban J connectivity index is 2.05. The largest absolute Gasteiger partial charge is 0.507 e. The van der Waals surface area contributed by atoms with Gasteiger partial charge in [-0.05, 0) is 29.8 Å². The third kappa shape index (κ3) is 3.26. The number of ether oxygens (including phenoxy) is 2. The summed E-state index contributed by atoms with van der Waals surface area (Å²) in [5, 5.41) is 9.70. The molecule has 1 N–H and O–H groups in total. The Morgan fingerprint density at radius 1 is 1.20 bits per heavy atom. The molecular formula is C15H13FO4. The highest BCUT2D eigenvalue weighted by atomic mass is 19.1. The van der Waals surface area contributed by atoms with E-state index in [2.05, 4.69) is 4.74 Å². The van der Waals surface area contributed by atoms with Crippen molar-refractivity contribution in [2.75, 3.05) is 7.11 Å². The normalized spacial score (nSPS) is 10.1. The van der Waals surface area contributed by atoms with Crippen LogP contribution in [0.3, 0.4) is 0 Å². The summed E-state index contributed by atoms with van der Waals surface area (Å²) in [7, 11) is 1.24. The molecular weight excluding hydrogens is 263 g/mol. The summed E-state index contributed by atoms with van der Waals surface area (Å²) in [6, 6.07) is 10.2. The maximum atomic E-state index is 12.7. The van der Waals surface area contributed by atoms with E-state index in [1.807, 2.05) is 0 Å². The van der Waals surface area contributed by atoms with Gasteiger partial charge in [-0.2, -0.15) is 0 Å². The van der Waals surface area contributed by atoms with Crippen LogP contribution in [0.25, 0.3) is 0 Å². The van der Waals surface area contributed by atoms with Gasteiger partial charge in [-0.15, -0.1) is 0 Å². The molecule has 0 bridgehead atoms.